The highest BCUT2D eigenvalue weighted by Gasteiger charge is 2.27. The van der Waals surface area contributed by atoms with Crippen LogP contribution in [0.5, 0.6) is 0 Å². The van der Waals surface area contributed by atoms with Crippen LogP contribution < -0.4 is 10.5 Å². The Kier molecular flexibility index (Phi) is 6.79. The Morgan fingerprint density at radius 3 is 2.94 bits per heavy atom. The molecule has 102 valence electrons. The quantitative estimate of drug-likeness (QED) is 0.656. The third-order valence-electron chi connectivity index (χ3n) is 2.96. The van der Waals surface area contributed by atoms with E-state index in [1.54, 1.807) is 11.8 Å². The minimum Gasteiger partial charge on any atom is -0.330 e. The van der Waals surface area contributed by atoms with Gasteiger partial charge >= 0.3 is 0 Å². The summed E-state index contributed by atoms with van der Waals surface area (Å²) in [6.45, 7) is 2.27. The summed E-state index contributed by atoms with van der Waals surface area (Å²) in [6.07, 6.45) is 4.84. The van der Waals surface area contributed by atoms with Gasteiger partial charge in [-0.1, -0.05) is 0 Å². The summed E-state index contributed by atoms with van der Waals surface area (Å²) in [4.78, 5) is 0. The molecule has 3 N–H and O–H groups in total. The number of hydrogen-bond acceptors (Lipinski definition) is 4. The number of nitrogens with two attached hydrogens (primary N) is 1. The first kappa shape index (κ1) is 15.2. The topological polar surface area (TPSA) is 75.4 Å². The third kappa shape index (κ3) is 5.13. The van der Waals surface area contributed by atoms with Crippen LogP contribution in [0.25, 0.3) is 0 Å². The van der Waals surface area contributed by atoms with Gasteiger partial charge in [-0.15, -0.1) is 0 Å². The van der Waals surface area contributed by atoms with Crippen molar-refractivity contribution < 1.29 is 8.42 Å². The highest BCUT2D eigenvalue weighted by Crippen LogP contribution is 2.17. The van der Waals surface area contributed by atoms with Gasteiger partial charge in [0, 0.05) is 19.6 Å². The lowest BCUT2D eigenvalue weighted by Gasteiger charge is -2.31. The van der Waals surface area contributed by atoms with Gasteiger partial charge in [0.1, 0.15) is 0 Å². The highest BCUT2D eigenvalue weighted by atomic mass is 32.2. The standard InChI is InChI=1S/C10H23N3O2S2/c1-16-7-3-5-12-17(14,15)13-6-2-4-10(8-11)9-13/h10,12H,2-9,11H2,1H3. The monoisotopic (exact) mass is 281 g/mol. The molecule has 0 saturated carbocycles. The Hall–Kier alpha value is 0.180. The predicted molar refractivity (Wildman–Crippen MR) is 73.3 cm³/mol. The molecule has 7 heteroatoms. The van der Waals surface area contributed by atoms with Gasteiger partial charge in [-0.25, -0.2) is 4.72 Å². The Bertz CT molecular complexity index is 309. The van der Waals surface area contributed by atoms with E-state index in [1.807, 2.05) is 6.26 Å². The third-order valence-corrected chi connectivity index (χ3v) is 5.24. The van der Waals surface area contributed by atoms with Crippen LogP contribution in [0.15, 0.2) is 0 Å². The molecular formula is C10H23N3O2S2. The van der Waals surface area contributed by atoms with Gasteiger partial charge in [-0.2, -0.15) is 24.5 Å². The van der Waals surface area contributed by atoms with Crippen LogP contribution in [0.1, 0.15) is 19.3 Å². The molecule has 0 radical (unpaired) electrons. The number of hydrogen-bond donors (Lipinski definition) is 2. The number of rotatable bonds is 7. The van der Waals surface area contributed by atoms with Gasteiger partial charge in [0.25, 0.3) is 10.2 Å². The van der Waals surface area contributed by atoms with Crippen LogP contribution in [0, 0.1) is 5.92 Å². The van der Waals surface area contributed by atoms with Crippen LogP contribution in [-0.2, 0) is 10.2 Å². The zero-order chi connectivity index (χ0) is 12.7. The van der Waals surface area contributed by atoms with Gasteiger partial charge in [0.05, 0.1) is 0 Å². The maximum Gasteiger partial charge on any atom is 0.279 e. The molecule has 0 aromatic carbocycles. The molecule has 1 rings (SSSR count). The highest BCUT2D eigenvalue weighted by molar-refractivity contribution is 7.98. The maximum absolute atomic E-state index is 12.0. The van der Waals surface area contributed by atoms with E-state index in [2.05, 4.69) is 4.72 Å². The zero-order valence-corrected chi connectivity index (χ0v) is 12.0. The van der Waals surface area contributed by atoms with Crippen molar-refractivity contribution >= 4 is 22.0 Å². The Balaban J connectivity index is 2.40. The first-order valence-corrected chi connectivity index (χ1v) is 8.87. The smallest absolute Gasteiger partial charge is 0.279 e. The van der Waals surface area contributed by atoms with E-state index in [0.717, 1.165) is 25.0 Å². The predicted octanol–water partition coefficient (Wildman–Crippen LogP) is 0.245. The first-order valence-electron chi connectivity index (χ1n) is 6.04. The van der Waals surface area contributed by atoms with E-state index in [4.69, 9.17) is 5.73 Å². The molecule has 0 aromatic rings. The van der Waals surface area contributed by atoms with Crippen LogP contribution in [0.2, 0.25) is 0 Å². The van der Waals surface area contributed by atoms with Crippen LogP contribution in [-0.4, -0.2) is 50.9 Å². The Labute approximate surface area is 109 Å². The molecule has 0 spiro atoms. The first-order chi connectivity index (χ1) is 8.10. The van der Waals surface area contributed by atoms with Gasteiger partial charge in [0.2, 0.25) is 0 Å². The molecule has 5 nitrogen and oxygen atoms in total. The number of thioether (sulfide) groups is 1. The average molecular weight is 281 g/mol. The van der Waals surface area contributed by atoms with Crippen molar-refractivity contribution in [1.82, 2.24) is 9.03 Å². The Morgan fingerprint density at radius 2 is 2.29 bits per heavy atom. The minimum atomic E-state index is -3.29. The second-order valence-corrected chi connectivity index (χ2v) is 7.09. The van der Waals surface area contributed by atoms with Crippen LogP contribution in [0.3, 0.4) is 0 Å². The van der Waals surface area contributed by atoms with Crippen LogP contribution in [0.4, 0.5) is 0 Å². The number of piperidine rings is 1. The van der Waals surface area contributed by atoms with Crippen LogP contribution >= 0.6 is 11.8 Å². The second kappa shape index (κ2) is 7.58. The van der Waals surface area contributed by atoms with E-state index < -0.39 is 10.2 Å². The number of nitrogens with zero attached hydrogens (tertiary/aromatic N) is 1. The van der Waals surface area contributed by atoms with Crippen molar-refractivity contribution in [2.24, 2.45) is 11.7 Å². The summed E-state index contributed by atoms with van der Waals surface area (Å²) in [6, 6.07) is 0. The van der Waals surface area contributed by atoms with Crippen molar-refractivity contribution in [2.45, 2.75) is 19.3 Å². The lowest BCUT2D eigenvalue weighted by molar-refractivity contribution is 0.269. The van der Waals surface area contributed by atoms with E-state index in [-0.39, 0.29) is 0 Å². The van der Waals surface area contributed by atoms with Crippen molar-refractivity contribution in [3.63, 3.8) is 0 Å². The van der Waals surface area contributed by atoms with Crippen molar-refractivity contribution in [2.75, 3.05) is 38.2 Å². The molecule has 0 aliphatic carbocycles. The van der Waals surface area contributed by atoms with Crippen molar-refractivity contribution in [3.05, 3.63) is 0 Å². The molecule has 1 atom stereocenters. The van der Waals surface area contributed by atoms with Crippen molar-refractivity contribution in [3.8, 4) is 0 Å². The lowest BCUT2D eigenvalue weighted by atomic mass is 10.0. The van der Waals surface area contributed by atoms with E-state index in [1.165, 1.54) is 4.31 Å². The molecule has 0 aromatic heterocycles. The number of nitrogens with one attached hydrogen (secondary N) is 1. The lowest BCUT2D eigenvalue weighted by Crippen LogP contribution is -2.47. The minimum absolute atomic E-state index is 0.312. The summed E-state index contributed by atoms with van der Waals surface area (Å²) in [5.74, 6) is 1.29. The second-order valence-electron chi connectivity index (χ2n) is 4.35. The van der Waals surface area contributed by atoms with E-state index >= 15 is 0 Å². The summed E-state index contributed by atoms with van der Waals surface area (Å²) in [5.41, 5.74) is 5.60. The van der Waals surface area contributed by atoms with Gasteiger partial charge < -0.3 is 5.73 Å². The summed E-state index contributed by atoms with van der Waals surface area (Å²) < 4.78 is 28.1. The molecule has 17 heavy (non-hydrogen) atoms. The zero-order valence-electron chi connectivity index (χ0n) is 10.4. The summed E-state index contributed by atoms with van der Waals surface area (Å²) >= 11 is 1.73. The van der Waals surface area contributed by atoms with E-state index in [0.29, 0.717) is 32.1 Å². The largest absolute Gasteiger partial charge is 0.330 e. The normalized spacial score (nSPS) is 22.8. The van der Waals surface area contributed by atoms with Gasteiger partial charge in [-0.05, 0) is 43.7 Å². The van der Waals surface area contributed by atoms with Gasteiger partial charge in [0.15, 0.2) is 0 Å². The molecule has 1 unspecified atom stereocenters. The van der Waals surface area contributed by atoms with Crippen molar-refractivity contribution in [1.29, 1.82) is 0 Å². The fourth-order valence-corrected chi connectivity index (χ4v) is 3.74. The molecule has 1 aliphatic heterocycles. The van der Waals surface area contributed by atoms with Gasteiger partial charge in [-0.3, -0.25) is 0 Å². The fraction of sp³-hybridized carbons (Fsp3) is 1.00. The molecule has 1 fully saturated rings. The molecular weight excluding hydrogens is 258 g/mol. The summed E-state index contributed by atoms with van der Waals surface area (Å²) in [7, 11) is -3.29. The molecule has 0 bridgehead atoms. The SMILES string of the molecule is CSCCCNS(=O)(=O)N1CCCC(CN)C1. The molecule has 0 amide bonds. The average Bonchev–Trinajstić information content (AvgIpc) is 2.35. The molecule has 1 saturated heterocycles. The fourth-order valence-electron chi connectivity index (χ4n) is 1.95. The molecule has 1 aliphatic rings. The maximum atomic E-state index is 12.0. The van der Waals surface area contributed by atoms with E-state index in [9.17, 15) is 8.42 Å². The summed E-state index contributed by atoms with van der Waals surface area (Å²) in [5, 5.41) is 0. The Morgan fingerprint density at radius 1 is 1.53 bits per heavy atom. The molecule has 1 heterocycles.